The maximum Gasteiger partial charge on any atom is 0.329 e. The summed E-state index contributed by atoms with van der Waals surface area (Å²) >= 11 is 3.08. The molecule has 1 unspecified atom stereocenters. The normalized spacial score (nSPS) is 15.8. The number of aliphatic carboxylic acids is 1. The maximum absolute atomic E-state index is 15.8. The van der Waals surface area contributed by atoms with Crippen molar-refractivity contribution in [2.45, 2.75) is 63.4 Å². The first-order chi connectivity index (χ1) is 12.8. The van der Waals surface area contributed by atoms with Crippen LogP contribution in [0.5, 0.6) is 0 Å². The third kappa shape index (κ3) is 5.12. The number of hydrogen-bond acceptors (Lipinski definition) is 4. The number of hydrogen-bond donors (Lipinski definition) is 2. The quantitative estimate of drug-likeness (QED) is 0.558. The topological polar surface area (TPSA) is 92.7 Å². The van der Waals surface area contributed by atoms with E-state index in [1.807, 2.05) is 4.72 Å². The average molecular weight is 504 g/mol. The molecule has 0 radical (unpaired) electrons. The molecule has 0 spiro atoms. The van der Waals surface area contributed by atoms with Crippen molar-refractivity contribution in [3.05, 3.63) is 34.1 Å². The third-order valence-electron chi connectivity index (χ3n) is 4.55. The molecule has 0 aliphatic rings. The van der Waals surface area contributed by atoms with Gasteiger partial charge in [-0.3, -0.25) is 0 Å². The van der Waals surface area contributed by atoms with Crippen molar-refractivity contribution in [3.63, 3.8) is 0 Å². The lowest BCUT2D eigenvalue weighted by Crippen LogP contribution is -2.66. The minimum atomic E-state index is -4.39. The Morgan fingerprint density at radius 1 is 1.17 bits per heavy atom. The Hall–Kier alpha value is -1.17. The fourth-order valence-electron chi connectivity index (χ4n) is 2.53. The summed E-state index contributed by atoms with van der Waals surface area (Å²) in [6, 6.07) is 3.24. The molecule has 11 heteroatoms. The number of alkyl halides is 2. The number of sulfonamides is 1. The fraction of sp³-hybridized carbons (Fsp3) is 0.611. The highest BCUT2D eigenvalue weighted by molar-refractivity contribution is 9.10. The van der Waals surface area contributed by atoms with Crippen molar-refractivity contribution in [3.8, 4) is 0 Å². The van der Waals surface area contributed by atoms with Gasteiger partial charge in [0.2, 0.25) is 10.0 Å². The van der Waals surface area contributed by atoms with Crippen LogP contribution in [0.15, 0.2) is 22.7 Å². The maximum atomic E-state index is 15.8. The molecule has 0 fully saturated rings. The zero-order valence-electron chi connectivity index (χ0n) is 16.9. The Kier molecular flexibility index (Phi) is 7.28. The monoisotopic (exact) mass is 503 g/mol. The molecule has 0 amide bonds. The van der Waals surface area contributed by atoms with Gasteiger partial charge >= 0.3 is 5.97 Å². The summed E-state index contributed by atoms with van der Waals surface area (Å²) in [6.07, 6.45) is 0. The minimum Gasteiger partial charge on any atom is -0.480 e. The van der Waals surface area contributed by atoms with Gasteiger partial charge in [0, 0.05) is 10.0 Å². The van der Waals surface area contributed by atoms with E-state index >= 15 is 8.78 Å². The molecule has 0 aliphatic heterocycles. The number of carboxylic acids is 1. The molecule has 1 aromatic rings. The molecule has 6 nitrogen and oxygen atoms in total. The second kappa shape index (κ2) is 8.16. The number of benzene rings is 1. The van der Waals surface area contributed by atoms with Crippen LogP contribution in [0.2, 0.25) is 0 Å². The van der Waals surface area contributed by atoms with E-state index < -0.39 is 55.8 Å². The summed E-state index contributed by atoms with van der Waals surface area (Å²) in [5, 5.41) is 8.79. The second-order valence-corrected chi connectivity index (χ2v) is 11.6. The molecule has 0 saturated heterocycles. The van der Waals surface area contributed by atoms with Crippen LogP contribution in [0, 0.1) is 5.82 Å². The zero-order chi connectivity index (χ0) is 23.1. The molecular formula is C18H25BrF3NO5S. The van der Waals surface area contributed by atoms with Gasteiger partial charge in [-0.25, -0.2) is 26.4 Å². The number of ether oxygens (including phenoxy) is 1. The van der Waals surface area contributed by atoms with E-state index in [0.29, 0.717) is 0 Å². The van der Waals surface area contributed by atoms with Gasteiger partial charge in [-0.05, 0) is 59.7 Å². The van der Waals surface area contributed by atoms with Gasteiger partial charge in [0.1, 0.15) is 23.6 Å². The van der Waals surface area contributed by atoms with Gasteiger partial charge in [-0.1, -0.05) is 15.9 Å². The van der Waals surface area contributed by atoms with E-state index in [4.69, 9.17) is 9.84 Å². The van der Waals surface area contributed by atoms with Crippen molar-refractivity contribution < 1.29 is 36.2 Å². The standard InChI is InChI=1S/C18H25BrF3NO5S/c1-15(2,3)29(26,27)23-17(6,12-9-11(19)7-8-13(12)20)18(21,22)16(4,5)28-10-14(24)25/h7-9,23H,10H2,1-6H3,(H,24,25). The van der Waals surface area contributed by atoms with E-state index in [1.54, 1.807) is 0 Å². The molecule has 0 heterocycles. The van der Waals surface area contributed by atoms with Crippen molar-refractivity contribution in [2.75, 3.05) is 6.61 Å². The molecule has 1 rings (SSSR count). The van der Waals surface area contributed by atoms with E-state index in [1.165, 1.54) is 26.8 Å². The summed E-state index contributed by atoms with van der Waals surface area (Å²) in [4.78, 5) is 10.8. The van der Waals surface area contributed by atoms with Crippen molar-refractivity contribution in [2.24, 2.45) is 0 Å². The highest BCUT2D eigenvalue weighted by Gasteiger charge is 2.64. The lowest BCUT2D eigenvalue weighted by molar-refractivity contribution is -0.230. The average Bonchev–Trinajstić information content (AvgIpc) is 2.53. The molecule has 0 aromatic heterocycles. The smallest absolute Gasteiger partial charge is 0.329 e. The lowest BCUT2D eigenvalue weighted by atomic mass is 9.78. The Balaban J connectivity index is 3.76. The third-order valence-corrected chi connectivity index (χ3v) is 7.33. The molecule has 0 aliphatic carbocycles. The molecular weight excluding hydrogens is 479 g/mol. The molecule has 166 valence electrons. The molecule has 2 N–H and O–H groups in total. The number of rotatable bonds is 8. The van der Waals surface area contributed by atoms with E-state index in [9.17, 15) is 17.6 Å². The zero-order valence-corrected chi connectivity index (χ0v) is 19.3. The highest BCUT2D eigenvalue weighted by Crippen LogP contribution is 2.48. The summed E-state index contributed by atoms with van der Waals surface area (Å²) in [5.41, 5.74) is -5.92. The Labute approximate surface area is 177 Å². The van der Waals surface area contributed by atoms with Crippen molar-refractivity contribution in [1.82, 2.24) is 4.72 Å². The summed E-state index contributed by atoms with van der Waals surface area (Å²) < 4.78 is 77.3. The van der Waals surface area contributed by atoms with E-state index in [2.05, 4.69) is 15.9 Å². The van der Waals surface area contributed by atoms with Gasteiger partial charge in [0.25, 0.3) is 5.92 Å². The van der Waals surface area contributed by atoms with Crippen molar-refractivity contribution in [1.29, 1.82) is 0 Å². The van der Waals surface area contributed by atoms with Crippen LogP contribution in [0.25, 0.3) is 0 Å². The number of halogens is 4. The number of carboxylic acid groups (broad SMARTS) is 1. The van der Waals surface area contributed by atoms with E-state index in [0.717, 1.165) is 32.9 Å². The van der Waals surface area contributed by atoms with Crippen LogP contribution in [-0.4, -0.2) is 42.4 Å². The van der Waals surface area contributed by atoms with Gasteiger partial charge in [0.05, 0.1) is 4.75 Å². The SMILES string of the molecule is CC(C)(OCC(=O)O)C(F)(F)C(C)(NS(=O)(=O)C(C)(C)C)c1cc(Br)ccc1F. The Morgan fingerprint density at radius 2 is 1.69 bits per heavy atom. The minimum absolute atomic E-state index is 0.246. The largest absolute Gasteiger partial charge is 0.480 e. The Bertz CT molecular complexity index is 884. The van der Waals surface area contributed by atoms with Gasteiger partial charge < -0.3 is 9.84 Å². The molecule has 29 heavy (non-hydrogen) atoms. The summed E-state index contributed by atoms with van der Waals surface area (Å²) in [5.74, 6) is -6.64. The number of carbonyl (C=O) groups is 1. The first kappa shape index (κ1) is 25.9. The molecule has 1 aromatic carbocycles. The first-order valence-corrected chi connectivity index (χ1v) is 10.8. The predicted octanol–water partition coefficient (Wildman–Crippen LogP) is 4.04. The van der Waals surface area contributed by atoms with Crippen LogP contribution < -0.4 is 4.72 Å². The predicted molar refractivity (Wildman–Crippen MR) is 106 cm³/mol. The van der Waals surface area contributed by atoms with Crippen LogP contribution in [0.4, 0.5) is 13.2 Å². The Morgan fingerprint density at radius 3 is 2.14 bits per heavy atom. The van der Waals surface area contributed by atoms with Gasteiger partial charge in [-0.15, -0.1) is 0 Å². The summed E-state index contributed by atoms with van der Waals surface area (Å²) in [7, 11) is -4.39. The molecule has 0 bridgehead atoms. The molecule has 1 atom stereocenters. The van der Waals surface area contributed by atoms with Crippen LogP contribution in [0.1, 0.15) is 47.1 Å². The van der Waals surface area contributed by atoms with Crippen LogP contribution in [0.3, 0.4) is 0 Å². The molecule has 0 saturated carbocycles. The lowest BCUT2D eigenvalue weighted by Gasteiger charge is -2.46. The van der Waals surface area contributed by atoms with Crippen molar-refractivity contribution >= 4 is 31.9 Å². The highest BCUT2D eigenvalue weighted by atomic mass is 79.9. The fourth-order valence-corrected chi connectivity index (χ4v) is 3.97. The second-order valence-electron chi connectivity index (χ2n) is 8.23. The van der Waals surface area contributed by atoms with Crippen LogP contribution >= 0.6 is 15.9 Å². The van der Waals surface area contributed by atoms with Gasteiger partial charge in [0.15, 0.2) is 0 Å². The van der Waals surface area contributed by atoms with Gasteiger partial charge in [-0.2, -0.15) is 4.72 Å². The van der Waals surface area contributed by atoms with E-state index in [-0.39, 0.29) is 4.47 Å². The first-order valence-electron chi connectivity index (χ1n) is 8.51. The summed E-state index contributed by atoms with van der Waals surface area (Å²) in [6.45, 7) is 5.52. The number of nitrogens with one attached hydrogen (secondary N) is 1. The van der Waals surface area contributed by atoms with Crippen LogP contribution in [-0.2, 0) is 25.1 Å².